The van der Waals surface area contributed by atoms with Crippen LogP contribution in [0.2, 0.25) is 0 Å². The van der Waals surface area contributed by atoms with Crippen LogP contribution in [-0.2, 0) is 6.42 Å². The third kappa shape index (κ3) is 2.48. The normalized spacial score (nSPS) is 10.9. The average Bonchev–Trinajstić information content (AvgIpc) is 2.39. The predicted octanol–water partition coefficient (Wildman–Crippen LogP) is 4.08. The van der Waals surface area contributed by atoms with E-state index in [1.165, 1.54) is 0 Å². The Balaban J connectivity index is 2.38. The van der Waals surface area contributed by atoms with Crippen molar-refractivity contribution in [3.8, 4) is 11.5 Å². The molecule has 4 nitrogen and oxygen atoms in total. The summed E-state index contributed by atoms with van der Waals surface area (Å²) in [5.74, 6) is 0.156. The summed E-state index contributed by atoms with van der Waals surface area (Å²) in [6, 6.07) is 11.9. The SMILES string of the molecule is CCc1cccc(O)c1N=Nc1ccccc1O. The molecule has 0 heterocycles. The number of phenols is 2. The van der Waals surface area contributed by atoms with Crippen LogP contribution in [0.1, 0.15) is 12.5 Å². The van der Waals surface area contributed by atoms with Gasteiger partial charge < -0.3 is 10.2 Å². The van der Waals surface area contributed by atoms with Crippen molar-refractivity contribution < 1.29 is 10.2 Å². The second-order valence-corrected chi connectivity index (χ2v) is 3.83. The lowest BCUT2D eigenvalue weighted by Gasteiger charge is -2.03. The summed E-state index contributed by atoms with van der Waals surface area (Å²) in [5.41, 5.74) is 1.74. The number of phenolic OH excluding ortho intramolecular Hbond substituents is 2. The van der Waals surface area contributed by atoms with E-state index in [0.29, 0.717) is 11.4 Å². The molecule has 2 aromatic rings. The molecule has 0 fully saturated rings. The highest BCUT2D eigenvalue weighted by molar-refractivity contribution is 5.57. The van der Waals surface area contributed by atoms with Crippen LogP contribution in [0, 0.1) is 0 Å². The second-order valence-electron chi connectivity index (χ2n) is 3.83. The summed E-state index contributed by atoms with van der Waals surface area (Å²) in [6.07, 6.45) is 0.753. The highest BCUT2D eigenvalue weighted by atomic mass is 16.3. The highest BCUT2D eigenvalue weighted by Crippen LogP contribution is 2.33. The Kier molecular flexibility index (Phi) is 3.57. The fraction of sp³-hybridized carbons (Fsp3) is 0.143. The first-order chi connectivity index (χ1) is 8.72. The Morgan fingerprint density at radius 2 is 1.61 bits per heavy atom. The Morgan fingerprint density at radius 1 is 0.889 bits per heavy atom. The molecular formula is C14H14N2O2. The van der Waals surface area contributed by atoms with Crippen molar-refractivity contribution in [1.82, 2.24) is 0 Å². The van der Waals surface area contributed by atoms with Gasteiger partial charge in [-0.05, 0) is 30.2 Å². The smallest absolute Gasteiger partial charge is 0.143 e. The summed E-state index contributed by atoms with van der Waals surface area (Å²) in [5, 5.41) is 27.3. The fourth-order valence-electron chi connectivity index (χ4n) is 1.63. The molecule has 0 saturated carbocycles. The molecule has 0 aliphatic heterocycles. The van der Waals surface area contributed by atoms with E-state index < -0.39 is 0 Å². The summed E-state index contributed by atoms with van der Waals surface area (Å²) < 4.78 is 0. The predicted molar refractivity (Wildman–Crippen MR) is 69.8 cm³/mol. The number of aromatic hydroxyl groups is 2. The zero-order valence-electron chi connectivity index (χ0n) is 10.0. The van der Waals surface area contributed by atoms with Gasteiger partial charge >= 0.3 is 0 Å². The fourth-order valence-corrected chi connectivity index (χ4v) is 1.63. The number of para-hydroxylation sites is 1. The second kappa shape index (κ2) is 5.31. The standard InChI is InChI=1S/C14H14N2O2/c1-2-10-6-5-9-13(18)14(10)16-15-11-7-3-4-8-12(11)17/h3-9,17-18H,2H2,1H3. The minimum atomic E-state index is 0.0646. The van der Waals surface area contributed by atoms with Crippen molar-refractivity contribution in [3.63, 3.8) is 0 Å². The monoisotopic (exact) mass is 242 g/mol. The zero-order chi connectivity index (χ0) is 13.0. The maximum absolute atomic E-state index is 9.75. The van der Waals surface area contributed by atoms with E-state index in [0.717, 1.165) is 12.0 Å². The van der Waals surface area contributed by atoms with Crippen molar-refractivity contribution in [3.05, 3.63) is 48.0 Å². The number of rotatable bonds is 3. The van der Waals surface area contributed by atoms with Gasteiger partial charge in [0.2, 0.25) is 0 Å². The lowest BCUT2D eigenvalue weighted by Crippen LogP contribution is -1.80. The summed E-state index contributed by atoms with van der Waals surface area (Å²) in [7, 11) is 0. The molecule has 2 N–H and O–H groups in total. The average molecular weight is 242 g/mol. The summed E-state index contributed by atoms with van der Waals surface area (Å²) >= 11 is 0. The molecule has 0 aliphatic rings. The molecule has 2 rings (SSSR count). The molecule has 0 radical (unpaired) electrons. The largest absolute Gasteiger partial charge is 0.506 e. The van der Waals surface area contributed by atoms with Gasteiger partial charge in [-0.3, -0.25) is 0 Å². The molecule has 0 atom stereocenters. The number of benzene rings is 2. The molecule has 4 heteroatoms. The molecule has 0 unspecified atom stereocenters. The van der Waals surface area contributed by atoms with E-state index in [9.17, 15) is 10.2 Å². The van der Waals surface area contributed by atoms with Gasteiger partial charge in [0.05, 0.1) is 0 Å². The molecule has 92 valence electrons. The number of hydrogen-bond donors (Lipinski definition) is 2. The van der Waals surface area contributed by atoms with E-state index in [4.69, 9.17) is 0 Å². The molecule has 0 spiro atoms. The number of hydrogen-bond acceptors (Lipinski definition) is 4. The van der Waals surface area contributed by atoms with Crippen molar-refractivity contribution >= 4 is 11.4 Å². The van der Waals surface area contributed by atoms with Crippen molar-refractivity contribution in [1.29, 1.82) is 0 Å². The molecule has 18 heavy (non-hydrogen) atoms. The maximum atomic E-state index is 9.75. The van der Waals surface area contributed by atoms with Gasteiger partial charge in [-0.25, -0.2) is 0 Å². The summed E-state index contributed by atoms with van der Waals surface area (Å²) in [6.45, 7) is 1.98. The van der Waals surface area contributed by atoms with Crippen LogP contribution in [-0.4, -0.2) is 10.2 Å². The Morgan fingerprint density at radius 3 is 2.33 bits per heavy atom. The van der Waals surface area contributed by atoms with Gasteiger partial charge in [0, 0.05) is 0 Å². The molecular weight excluding hydrogens is 228 g/mol. The van der Waals surface area contributed by atoms with Gasteiger partial charge in [0.15, 0.2) is 0 Å². The van der Waals surface area contributed by atoms with Crippen LogP contribution in [0.3, 0.4) is 0 Å². The third-order valence-electron chi connectivity index (χ3n) is 2.62. The van der Waals surface area contributed by atoms with Crippen LogP contribution in [0.25, 0.3) is 0 Å². The molecule has 0 saturated heterocycles. The molecule has 0 aliphatic carbocycles. The third-order valence-corrected chi connectivity index (χ3v) is 2.62. The van der Waals surface area contributed by atoms with Crippen LogP contribution in [0.5, 0.6) is 11.5 Å². The minimum Gasteiger partial charge on any atom is -0.506 e. The minimum absolute atomic E-state index is 0.0646. The first-order valence-corrected chi connectivity index (χ1v) is 5.73. The lowest BCUT2D eigenvalue weighted by molar-refractivity contribution is 0.473. The first-order valence-electron chi connectivity index (χ1n) is 5.73. The molecule has 0 bridgehead atoms. The van der Waals surface area contributed by atoms with Crippen LogP contribution in [0.15, 0.2) is 52.7 Å². The number of azo groups is 1. The first kappa shape index (κ1) is 12.1. The van der Waals surface area contributed by atoms with Crippen molar-refractivity contribution in [2.24, 2.45) is 10.2 Å². The van der Waals surface area contributed by atoms with Gasteiger partial charge in [-0.2, -0.15) is 0 Å². The zero-order valence-corrected chi connectivity index (χ0v) is 10.0. The lowest BCUT2D eigenvalue weighted by atomic mass is 10.1. The van der Waals surface area contributed by atoms with Gasteiger partial charge in [-0.15, -0.1) is 10.2 Å². The van der Waals surface area contributed by atoms with E-state index in [2.05, 4.69) is 10.2 Å². The Bertz CT molecular complexity index is 580. The molecule has 0 aromatic heterocycles. The van der Waals surface area contributed by atoms with Crippen LogP contribution < -0.4 is 0 Å². The highest BCUT2D eigenvalue weighted by Gasteiger charge is 2.05. The number of aryl methyl sites for hydroxylation is 1. The van der Waals surface area contributed by atoms with E-state index in [1.54, 1.807) is 36.4 Å². The van der Waals surface area contributed by atoms with E-state index in [-0.39, 0.29) is 11.5 Å². The van der Waals surface area contributed by atoms with E-state index >= 15 is 0 Å². The number of nitrogens with zero attached hydrogens (tertiary/aromatic N) is 2. The Hall–Kier alpha value is -2.36. The van der Waals surface area contributed by atoms with Gasteiger partial charge in [0.1, 0.15) is 22.9 Å². The van der Waals surface area contributed by atoms with Crippen LogP contribution >= 0.6 is 0 Å². The van der Waals surface area contributed by atoms with Crippen molar-refractivity contribution in [2.75, 3.05) is 0 Å². The van der Waals surface area contributed by atoms with Gasteiger partial charge in [-0.1, -0.05) is 31.2 Å². The summed E-state index contributed by atoms with van der Waals surface area (Å²) in [4.78, 5) is 0. The quantitative estimate of drug-likeness (QED) is 0.796. The molecule has 2 aromatic carbocycles. The van der Waals surface area contributed by atoms with Gasteiger partial charge in [0.25, 0.3) is 0 Å². The van der Waals surface area contributed by atoms with Crippen LogP contribution in [0.4, 0.5) is 11.4 Å². The van der Waals surface area contributed by atoms with E-state index in [1.807, 2.05) is 13.0 Å². The topological polar surface area (TPSA) is 65.2 Å². The van der Waals surface area contributed by atoms with Crippen molar-refractivity contribution in [2.45, 2.75) is 13.3 Å². The maximum Gasteiger partial charge on any atom is 0.143 e. The molecule has 0 amide bonds. The Labute approximate surface area is 105 Å².